The standard InChI is InChI=1S/C19H14N6O3S2/c26-17(11-30-19-23-20-12-24(19)14-6-2-1-3-7-14)22-18-21-16(10-29-18)13-5-4-8-15(9-13)25(27)28/h1-10,12H,11H2,(H,21,22,26). The van der Waals surface area contributed by atoms with Crippen LogP contribution in [0.4, 0.5) is 10.8 Å². The summed E-state index contributed by atoms with van der Waals surface area (Å²) in [4.78, 5) is 27.2. The lowest BCUT2D eigenvalue weighted by atomic mass is 10.1. The number of benzene rings is 2. The van der Waals surface area contributed by atoms with E-state index in [-0.39, 0.29) is 17.3 Å². The number of thiazole rings is 1. The molecule has 1 amide bonds. The largest absolute Gasteiger partial charge is 0.301 e. The first-order valence-electron chi connectivity index (χ1n) is 8.68. The number of carbonyl (C=O) groups excluding carboxylic acids is 1. The first kappa shape index (κ1) is 19.7. The summed E-state index contributed by atoms with van der Waals surface area (Å²) in [5, 5.41) is 24.4. The minimum atomic E-state index is -0.454. The molecule has 150 valence electrons. The van der Waals surface area contributed by atoms with Gasteiger partial charge in [0.1, 0.15) is 6.33 Å². The number of carbonyl (C=O) groups is 1. The molecule has 0 saturated carbocycles. The van der Waals surface area contributed by atoms with E-state index in [4.69, 9.17) is 0 Å². The third kappa shape index (κ3) is 4.53. The lowest BCUT2D eigenvalue weighted by Crippen LogP contribution is -2.14. The van der Waals surface area contributed by atoms with Gasteiger partial charge in [-0.2, -0.15) is 0 Å². The molecule has 0 aliphatic heterocycles. The van der Waals surface area contributed by atoms with Crippen LogP contribution in [0.2, 0.25) is 0 Å². The third-order valence-corrected chi connectivity index (χ3v) is 5.69. The topological polar surface area (TPSA) is 116 Å². The summed E-state index contributed by atoms with van der Waals surface area (Å²) in [5.74, 6) is -0.0976. The molecule has 0 spiro atoms. The Labute approximate surface area is 179 Å². The van der Waals surface area contributed by atoms with Gasteiger partial charge >= 0.3 is 0 Å². The summed E-state index contributed by atoms with van der Waals surface area (Å²) in [6.45, 7) is 0. The zero-order valence-electron chi connectivity index (χ0n) is 15.3. The number of anilines is 1. The highest BCUT2D eigenvalue weighted by Gasteiger charge is 2.13. The van der Waals surface area contributed by atoms with Crippen molar-refractivity contribution >= 4 is 39.8 Å². The Kier molecular flexibility index (Phi) is 5.82. The first-order valence-corrected chi connectivity index (χ1v) is 10.5. The van der Waals surface area contributed by atoms with Gasteiger partial charge in [0.15, 0.2) is 10.3 Å². The summed E-state index contributed by atoms with van der Waals surface area (Å²) in [7, 11) is 0. The van der Waals surface area contributed by atoms with Gasteiger partial charge in [0.05, 0.1) is 16.4 Å². The number of nitro groups is 1. The summed E-state index contributed by atoms with van der Waals surface area (Å²) in [6, 6.07) is 15.8. The van der Waals surface area contributed by atoms with E-state index < -0.39 is 4.92 Å². The average molecular weight is 438 g/mol. The molecule has 0 bridgehead atoms. The van der Waals surface area contributed by atoms with E-state index in [0.29, 0.717) is 21.5 Å². The van der Waals surface area contributed by atoms with Crippen molar-refractivity contribution in [3.8, 4) is 16.9 Å². The Balaban J connectivity index is 1.39. The van der Waals surface area contributed by atoms with Crippen molar-refractivity contribution in [3.63, 3.8) is 0 Å². The van der Waals surface area contributed by atoms with Crippen LogP contribution in [-0.4, -0.2) is 36.3 Å². The Bertz CT molecular complexity index is 1190. The van der Waals surface area contributed by atoms with Crippen LogP contribution >= 0.6 is 23.1 Å². The van der Waals surface area contributed by atoms with Gasteiger partial charge in [-0.25, -0.2) is 4.98 Å². The van der Waals surface area contributed by atoms with E-state index in [1.807, 2.05) is 34.9 Å². The highest BCUT2D eigenvalue weighted by molar-refractivity contribution is 7.99. The maximum Gasteiger partial charge on any atom is 0.270 e. The van der Waals surface area contributed by atoms with Crippen molar-refractivity contribution in [2.45, 2.75) is 5.16 Å². The number of aromatic nitrogens is 4. The summed E-state index contributed by atoms with van der Waals surface area (Å²) >= 11 is 2.52. The van der Waals surface area contributed by atoms with Crippen LogP contribution in [0.1, 0.15) is 0 Å². The molecule has 0 unspecified atom stereocenters. The van der Waals surface area contributed by atoms with E-state index in [1.54, 1.807) is 23.8 Å². The average Bonchev–Trinajstić information content (AvgIpc) is 3.42. The van der Waals surface area contributed by atoms with Crippen molar-refractivity contribution in [1.82, 2.24) is 19.7 Å². The Morgan fingerprint density at radius 3 is 2.83 bits per heavy atom. The smallest absolute Gasteiger partial charge is 0.270 e. The predicted molar refractivity (Wildman–Crippen MR) is 115 cm³/mol. The fraction of sp³-hybridized carbons (Fsp3) is 0.0526. The van der Waals surface area contributed by atoms with Gasteiger partial charge in [-0.3, -0.25) is 19.5 Å². The molecule has 4 aromatic rings. The van der Waals surface area contributed by atoms with Gasteiger partial charge in [0.25, 0.3) is 5.69 Å². The number of rotatable bonds is 7. The van der Waals surface area contributed by atoms with Gasteiger partial charge in [0.2, 0.25) is 5.91 Å². The molecular formula is C19H14N6O3S2. The van der Waals surface area contributed by atoms with Crippen LogP contribution in [-0.2, 0) is 4.79 Å². The molecule has 0 aliphatic rings. The number of nitrogens with zero attached hydrogens (tertiary/aromatic N) is 5. The van der Waals surface area contributed by atoms with Crippen molar-refractivity contribution in [2.75, 3.05) is 11.1 Å². The zero-order chi connectivity index (χ0) is 20.9. The van der Waals surface area contributed by atoms with Crippen molar-refractivity contribution in [1.29, 1.82) is 0 Å². The van der Waals surface area contributed by atoms with E-state index in [1.165, 1.54) is 35.2 Å². The molecule has 30 heavy (non-hydrogen) atoms. The second kappa shape index (κ2) is 8.84. The number of non-ortho nitro benzene ring substituents is 1. The quantitative estimate of drug-likeness (QED) is 0.263. The second-order valence-corrected chi connectivity index (χ2v) is 7.80. The summed E-state index contributed by atoms with van der Waals surface area (Å²) < 4.78 is 1.81. The molecule has 1 N–H and O–H groups in total. The van der Waals surface area contributed by atoms with Gasteiger partial charge in [-0.1, -0.05) is 42.1 Å². The lowest BCUT2D eigenvalue weighted by Gasteiger charge is -2.05. The second-order valence-electron chi connectivity index (χ2n) is 6.00. The first-order chi connectivity index (χ1) is 14.6. The zero-order valence-corrected chi connectivity index (χ0v) is 17.0. The molecule has 0 fully saturated rings. The molecule has 0 saturated heterocycles. The molecule has 4 rings (SSSR count). The van der Waals surface area contributed by atoms with Crippen molar-refractivity contribution < 1.29 is 9.72 Å². The maximum atomic E-state index is 12.3. The normalized spacial score (nSPS) is 10.7. The van der Waals surface area contributed by atoms with Crippen molar-refractivity contribution in [3.05, 3.63) is 76.4 Å². The van der Waals surface area contributed by atoms with Crippen molar-refractivity contribution in [2.24, 2.45) is 0 Å². The highest BCUT2D eigenvalue weighted by Crippen LogP contribution is 2.28. The molecule has 2 heterocycles. The van der Waals surface area contributed by atoms with Crippen LogP contribution in [0.5, 0.6) is 0 Å². The summed E-state index contributed by atoms with van der Waals surface area (Å²) in [5.41, 5.74) is 2.08. The number of thioether (sulfide) groups is 1. The maximum absolute atomic E-state index is 12.3. The van der Waals surface area contributed by atoms with Crippen LogP contribution in [0.3, 0.4) is 0 Å². The third-order valence-electron chi connectivity index (χ3n) is 3.99. The van der Waals surface area contributed by atoms with Gasteiger partial charge < -0.3 is 5.32 Å². The van der Waals surface area contributed by atoms with E-state index >= 15 is 0 Å². The molecule has 11 heteroatoms. The van der Waals surface area contributed by atoms with Crippen LogP contribution in [0.15, 0.2) is 71.5 Å². The SMILES string of the molecule is O=C(CSc1nncn1-c1ccccc1)Nc1nc(-c2cccc([N+](=O)[O-])c2)cs1. The molecule has 0 atom stereocenters. The number of nitrogens with one attached hydrogen (secondary N) is 1. The molecule has 2 aromatic heterocycles. The fourth-order valence-corrected chi connectivity index (χ4v) is 4.08. The Morgan fingerprint density at radius 1 is 1.20 bits per heavy atom. The van der Waals surface area contributed by atoms with Crippen LogP contribution in [0, 0.1) is 10.1 Å². The van der Waals surface area contributed by atoms with E-state index in [2.05, 4.69) is 20.5 Å². The highest BCUT2D eigenvalue weighted by atomic mass is 32.2. The number of para-hydroxylation sites is 1. The minimum absolute atomic E-state index is 0.00925. The molecule has 0 aliphatic carbocycles. The number of amides is 1. The summed E-state index contributed by atoms with van der Waals surface area (Å²) in [6.07, 6.45) is 1.60. The van der Waals surface area contributed by atoms with Gasteiger partial charge in [-0.15, -0.1) is 21.5 Å². The monoisotopic (exact) mass is 438 g/mol. The number of nitro benzene ring substituents is 1. The molecular weight excluding hydrogens is 424 g/mol. The molecule has 0 radical (unpaired) electrons. The molecule has 2 aromatic carbocycles. The van der Waals surface area contributed by atoms with Crippen LogP contribution < -0.4 is 5.32 Å². The Morgan fingerprint density at radius 2 is 2.03 bits per heavy atom. The van der Waals surface area contributed by atoms with E-state index in [0.717, 1.165) is 5.69 Å². The van der Waals surface area contributed by atoms with Gasteiger partial charge in [0, 0.05) is 28.8 Å². The van der Waals surface area contributed by atoms with E-state index in [9.17, 15) is 14.9 Å². The Hall–Kier alpha value is -3.57. The molecule has 9 nitrogen and oxygen atoms in total. The number of hydrogen-bond donors (Lipinski definition) is 1. The van der Waals surface area contributed by atoms with Crippen LogP contribution in [0.25, 0.3) is 16.9 Å². The van der Waals surface area contributed by atoms with Gasteiger partial charge in [-0.05, 0) is 12.1 Å². The number of hydrogen-bond acceptors (Lipinski definition) is 8. The minimum Gasteiger partial charge on any atom is -0.301 e. The lowest BCUT2D eigenvalue weighted by molar-refractivity contribution is -0.384. The predicted octanol–water partition coefficient (Wildman–Crippen LogP) is 4.03. The fourth-order valence-electron chi connectivity index (χ4n) is 2.62.